The molecule has 2 aromatic carbocycles. The molecule has 5 rings (SSSR count). The van der Waals surface area contributed by atoms with Crippen LogP contribution in [0.15, 0.2) is 79.4 Å². The second-order valence-corrected chi connectivity index (χ2v) is 8.04. The van der Waals surface area contributed by atoms with Crippen molar-refractivity contribution in [1.29, 1.82) is 0 Å². The van der Waals surface area contributed by atoms with Crippen LogP contribution in [0.25, 0.3) is 28.0 Å². The monoisotopic (exact) mass is 471 g/mol. The highest BCUT2D eigenvalue weighted by atomic mass is 19.1. The van der Waals surface area contributed by atoms with Gasteiger partial charge in [0, 0.05) is 34.6 Å². The Morgan fingerprint density at radius 1 is 0.971 bits per heavy atom. The Bertz CT molecular complexity index is 1540. The molecule has 1 amide bonds. The van der Waals surface area contributed by atoms with Gasteiger partial charge in [-0.1, -0.05) is 6.07 Å². The first kappa shape index (κ1) is 22.1. The summed E-state index contributed by atoms with van der Waals surface area (Å²) >= 11 is 0. The van der Waals surface area contributed by atoms with Crippen LogP contribution in [-0.4, -0.2) is 37.3 Å². The van der Waals surface area contributed by atoms with Crippen molar-refractivity contribution in [2.24, 2.45) is 0 Å². The van der Waals surface area contributed by atoms with E-state index >= 15 is 0 Å². The molecule has 35 heavy (non-hydrogen) atoms. The number of H-pyrrole nitrogens is 1. The van der Waals surface area contributed by atoms with E-state index in [0.717, 1.165) is 11.1 Å². The van der Waals surface area contributed by atoms with Gasteiger partial charge in [-0.2, -0.15) is 5.10 Å². The summed E-state index contributed by atoms with van der Waals surface area (Å²) in [6.07, 6.45) is 6.98. The second kappa shape index (κ2) is 8.94. The number of carbonyl (C=O) groups excluding carboxylic acids is 2. The molecule has 0 aliphatic rings. The molecule has 0 fully saturated rings. The number of halogens is 2. The normalized spacial score (nSPS) is 12.0. The number of aromatic amines is 1. The van der Waals surface area contributed by atoms with Crippen molar-refractivity contribution in [2.45, 2.75) is 13.0 Å². The number of hydrogen-bond donors (Lipinski definition) is 2. The van der Waals surface area contributed by atoms with Crippen molar-refractivity contribution in [3.63, 3.8) is 0 Å². The molecule has 3 heterocycles. The minimum Gasteiger partial charge on any atom is -0.342 e. The van der Waals surface area contributed by atoms with Crippen LogP contribution in [0, 0.1) is 11.6 Å². The molecule has 9 heteroatoms. The molecule has 0 aliphatic carbocycles. The zero-order chi connectivity index (χ0) is 24.5. The maximum Gasteiger partial charge on any atom is 0.254 e. The van der Waals surface area contributed by atoms with Gasteiger partial charge in [-0.15, -0.1) is 0 Å². The number of benzene rings is 2. The first-order valence-electron chi connectivity index (χ1n) is 10.8. The first-order valence-corrected chi connectivity index (χ1v) is 10.8. The minimum absolute atomic E-state index is 0.194. The molecule has 0 unspecified atom stereocenters. The number of fused-ring (bicyclic) bond motifs is 1. The molecule has 3 aromatic heterocycles. The Kier molecular flexibility index (Phi) is 5.66. The second-order valence-electron chi connectivity index (χ2n) is 8.04. The molecule has 0 bridgehead atoms. The predicted molar refractivity (Wildman–Crippen MR) is 126 cm³/mol. The molecule has 0 spiro atoms. The van der Waals surface area contributed by atoms with Gasteiger partial charge in [-0.3, -0.25) is 19.1 Å². The summed E-state index contributed by atoms with van der Waals surface area (Å²) in [7, 11) is 0. The van der Waals surface area contributed by atoms with Crippen molar-refractivity contribution in [3.05, 3.63) is 102 Å². The van der Waals surface area contributed by atoms with Gasteiger partial charge in [0.25, 0.3) is 5.91 Å². The quantitative estimate of drug-likeness (QED) is 0.352. The number of nitrogens with zero attached hydrogens (tertiary/aromatic N) is 3. The van der Waals surface area contributed by atoms with Gasteiger partial charge in [-0.05, 0) is 55.5 Å². The van der Waals surface area contributed by atoms with Crippen LogP contribution in [0.3, 0.4) is 0 Å². The smallest absolute Gasteiger partial charge is 0.254 e. The van der Waals surface area contributed by atoms with Gasteiger partial charge >= 0.3 is 0 Å². The average molecular weight is 471 g/mol. The fourth-order valence-electron chi connectivity index (χ4n) is 3.84. The average Bonchev–Trinajstić information content (AvgIpc) is 3.54. The number of hydrogen-bond acceptors (Lipinski definition) is 4. The number of carbonyl (C=O) groups is 2. The van der Waals surface area contributed by atoms with E-state index in [1.54, 1.807) is 24.7 Å². The van der Waals surface area contributed by atoms with Crippen molar-refractivity contribution < 1.29 is 18.4 Å². The van der Waals surface area contributed by atoms with Crippen molar-refractivity contribution in [1.82, 2.24) is 24.9 Å². The van der Waals surface area contributed by atoms with E-state index < -0.39 is 29.4 Å². The lowest BCUT2D eigenvalue weighted by atomic mass is 10.0. The number of ketones is 1. The summed E-state index contributed by atoms with van der Waals surface area (Å²) < 4.78 is 29.9. The van der Waals surface area contributed by atoms with Gasteiger partial charge in [0.05, 0.1) is 29.7 Å². The summed E-state index contributed by atoms with van der Waals surface area (Å²) in [4.78, 5) is 29.5. The summed E-state index contributed by atoms with van der Waals surface area (Å²) in [5.41, 5.74) is 3.72. The third kappa shape index (κ3) is 4.31. The molecule has 7 nitrogen and oxygen atoms in total. The number of aromatic nitrogens is 4. The van der Waals surface area contributed by atoms with E-state index in [1.165, 1.54) is 43.3 Å². The number of nitrogens with one attached hydrogen (secondary N) is 2. The Morgan fingerprint density at radius 3 is 2.46 bits per heavy atom. The first-order chi connectivity index (χ1) is 16.9. The molecule has 174 valence electrons. The Morgan fingerprint density at radius 2 is 1.74 bits per heavy atom. The fraction of sp³-hybridized carbons (Fsp3) is 0.0769. The van der Waals surface area contributed by atoms with E-state index in [2.05, 4.69) is 20.5 Å². The minimum atomic E-state index is -0.924. The van der Waals surface area contributed by atoms with Crippen LogP contribution >= 0.6 is 0 Å². The molecule has 2 N–H and O–H groups in total. The molecule has 0 saturated heterocycles. The molecular formula is C26H19F2N5O2. The molecular weight excluding hydrogens is 452 g/mol. The van der Waals surface area contributed by atoms with E-state index in [-0.39, 0.29) is 11.1 Å². The summed E-state index contributed by atoms with van der Waals surface area (Å²) in [6, 6.07) is 12.1. The molecule has 0 aliphatic heterocycles. The Hall–Kier alpha value is -4.66. The number of imidazole rings is 1. The largest absolute Gasteiger partial charge is 0.342 e. The van der Waals surface area contributed by atoms with Crippen LogP contribution in [0.5, 0.6) is 0 Å². The third-order valence-electron chi connectivity index (χ3n) is 5.72. The Labute approximate surface area is 198 Å². The highest BCUT2D eigenvalue weighted by Crippen LogP contribution is 2.26. The third-order valence-corrected chi connectivity index (χ3v) is 5.72. The van der Waals surface area contributed by atoms with Crippen molar-refractivity contribution >= 4 is 17.3 Å². The van der Waals surface area contributed by atoms with Crippen molar-refractivity contribution in [3.8, 4) is 22.4 Å². The predicted octanol–water partition coefficient (Wildman–Crippen LogP) is 4.67. The summed E-state index contributed by atoms with van der Waals surface area (Å²) in [5.74, 6) is -2.33. The maximum atomic E-state index is 15.0. The molecule has 5 aromatic rings. The lowest BCUT2D eigenvalue weighted by molar-refractivity contribution is 0.0863. The van der Waals surface area contributed by atoms with E-state index in [1.807, 2.05) is 22.7 Å². The van der Waals surface area contributed by atoms with Crippen LogP contribution in [-0.2, 0) is 0 Å². The van der Waals surface area contributed by atoms with Crippen LogP contribution in [0.1, 0.15) is 27.6 Å². The van der Waals surface area contributed by atoms with Crippen LogP contribution in [0.2, 0.25) is 0 Å². The zero-order valence-electron chi connectivity index (χ0n) is 18.5. The number of amides is 1. The highest BCUT2D eigenvalue weighted by Gasteiger charge is 2.21. The van der Waals surface area contributed by atoms with Crippen LogP contribution in [0.4, 0.5) is 8.78 Å². The van der Waals surface area contributed by atoms with Gasteiger partial charge < -0.3 is 5.32 Å². The van der Waals surface area contributed by atoms with Gasteiger partial charge in [-0.25, -0.2) is 13.8 Å². The van der Waals surface area contributed by atoms with Crippen LogP contribution < -0.4 is 5.32 Å². The summed E-state index contributed by atoms with van der Waals surface area (Å²) in [6.45, 7) is 1.49. The Balaban J connectivity index is 1.38. The van der Waals surface area contributed by atoms with Gasteiger partial charge in [0.1, 0.15) is 17.3 Å². The number of rotatable bonds is 6. The van der Waals surface area contributed by atoms with E-state index in [4.69, 9.17) is 0 Å². The van der Waals surface area contributed by atoms with Crippen molar-refractivity contribution in [2.75, 3.05) is 0 Å². The molecule has 0 radical (unpaired) electrons. The number of pyridine rings is 1. The van der Waals surface area contributed by atoms with E-state index in [9.17, 15) is 18.4 Å². The zero-order valence-corrected chi connectivity index (χ0v) is 18.5. The summed E-state index contributed by atoms with van der Waals surface area (Å²) in [5, 5.41) is 9.25. The lowest BCUT2D eigenvalue weighted by Gasteiger charge is -2.14. The van der Waals surface area contributed by atoms with Gasteiger partial charge in [0.15, 0.2) is 5.78 Å². The maximum absolute atomic E-state index is 15.0. The molecule has 1 atom stereocenters. The highest BCUT2D eigenvalue weighted by molar-refractivity contribution is 6.04. The number of Topliss-reactive ketones (excluding diaryl/α,β-unsaturated/α-hetero) is 1. The SMILES string of the molecule is C[C@H](NC(=O)c1ccc(-c2cnc3ccc(-c4cn[nH]c4)cn23)cc1F)C(=O)c1ccc(F)cc1. The standard InChI is InChI=1S/C26H19F2N5O2/c1-15(25(34)16-2-6-20(27)7-3-16)32-26(35)21-8-4-17(10-22(21)28)23-13-29-24-9-5-18(14-33(23)24)19-11-30-31-12-19/h2-15H,1H3,(H,30,31)(H,32,35)/t15-/m0/s1. The lowest BCUT2D eigenvalue weighted by Crippen LogP contribution is -2.38. The molecule has 0 saturated carbocycles. The van der Waals surface area contributed by atoms with Gasteiger partial charge in [0.2, 0.25) is 0 Å². The fourth-order valence-corrected chi connectivity index (χ4v) is 3.84. The topological polar surface area (TPSA) is 92.2 Å². The van der Waals surface area contributed by atoms with E-state index in [0.29, 0.717) is 16.9 Å².